The molecule has 1 aliphatic carbocycles. The average molecular weight is 354 g/mol. The first-order chi connectivity index (χ1) is 11.6. The Morgan fingerprint density at radius 3 is 2.40 bits per heavy atom. The summed E-state index contributed by atoms with van der Waals surface area (Å²) >= 11 is 0. The highest BCUT2D eigenvalue weighted by Gasteiger charge is 2.48. The minimum atomic E-state index is -0.761. The van der Waals surface area contributed by atoms with Gasteiger partial charge in [0.25, 0.3) is 0 Å². The Labute approximate surface area is 149 Å². The van der Waals surface area contributed by atoms with E-state index in [4.69, 9.17) is 9.47 Å². The number of carbonyl (C=O) groups is 3. The molecule has 0 aromatic heterocycles. The fraction of sp³-hybridized carbons (Fsp3) is 0.833. The van der Waals surface area contributed by atoms with E-state index in [-0.39, 0.29) is 17.9 Å². The third kappa shape index (κ3) is 4.64. The molecule has 2 amide bonds. The fourth-order valence-electron chi connectivity index (χ4n) is 3.89. The predicted octanol–water partition coefficient (Wildman–Crippen LogP) is 2.23. The van der Waals surface area contributed by atoms with Crippen molar-refractivity contribution < 1.29 is 23.9 Å². The SMILES string of the molecule is COC(=O)[C@@H]1C[C@@H]2CCCC[C@@H]2N1C(=O)[C@H](C)NC(=O)OC(C)(C)C. The molecule has 2 fully saturated rings. The molecule has 2 aliphatic rings. The predicted molar refractivity (Wildman–Crippen MR) is 91.8 cm³/mol. The van der Waals surface area contributed by atoms with E-state index in [2.05, 4.69) is 5.32 Å². The van der Waals surface area contributed by atoms with Crippen LogP contribution in [-0.2, 0) is 19.1 Å². The molecule has 0 unspecified atom stereocenters. The van der Waals surface area contributed by atoms with Crippen molar-refractivity contribution >= 4 is 18.0 Å². The largest absolute Gasteiger partial charge is 0.467 e. The lowest BCUT2D eigenvalue weighted by Crippen LogP contribution is -2.54. The Bertz CT molecular complexity index is 528. The average Bonchev–Trinajstić information content (AvgIpc) is 2.90. The van der Waals surface area contributed by atoms with E-state index in [1.165, 1.54) is 7.11 Å². The quantitative estimate of drug-likeness (QED) is 0.786. The number of amides is 2. The van der Waals surface area contributed by atoms with Crippen LogP contribution in [0.15, 0.2) is 0 Å². The topological polar surface area (TPSA) is 84.9 Å². The van der Waals surface area contributed by atoms with Gasteiger partial charge in [-0.1, -0.05) is 12.8 Å². The zero-order valence-electron chi connectivity index (χ0n) is 15.8. The van der Waals surface area contributed by atoms with Crippen molar-refractivity contribution in [2.75, 3.05) is 7.11 Å². The van der Waals surface area contributed by atoms with Gasteiger partial charge in [-0.3, -0.25) is 4.79 Å². The number of nitrogens with one attached hydrogen (secondary N) is 1. The van der Waals surface area contributed by atoms with Crippen LogP contribution in [0, 0.1) is 5.92 Å². The molecule has 25 heavy (non-hydrogen) atoms. The monoisotopic (exact) mass is 354 g/mol. The molecule has 1 saturated carbocycles. The van der Waals surface area contributed by atoms with Crippen LogP contribution in [0.5, 0.6) is 0 Å². The third-order valence-electron chi connectivity index (χ3n) is 4.92. The number of carbonyl (C=O) groups excluding carboxylic acids is 3. The van der Waals surface area contributed by atoms with Gasteiger partial charge in [-0.2, -0.15) is 0 Å². The molecule has 0 aromatic carbocycles. The van der Waals surface area contributed by atoms with Crippen molar-refractivity contribution in [2.45, 2.75) is 83.5 Å². The molecule has 1 N–H and O–H groups in total. The molecule has 1 saturated heterocycles. The van der Waals surface area contributed by atoms with Gasteiger partial charge in [-0.25, -0.2) is 9.59 Å². The standard InChI is InChI=1S/C18H30N2O5/c1-11(19-17(23)25-18(2,3)4)15(21)20-13-9-7-6-8-12(13)10-14(20)16(22)24-5/h11-14H,6-10H2,1-5H3,(H,19,23)/t11-,12-,13-,14-/m0/s1. The first-order valence-electron chi connectivity index (χ1n) is 9.03. The van der Waals surface area contributed by atoms with Gasteiger partial charge in [0.2, 0.25) is 5.91 Å². The van der Waals surface area contributed by atoms with Crippen molar-refractivity contribution in [3.63, 3.8) is 0 Å². The molecule has 4 atom stereocenters. The Morgan fingerprint density at radius 2 is 1.80 bits per heavy atom. The number of ether oxygens (including phenoxy) is 2. The van der Waals surface area contributed by atoms with Crippen LogP contribution in [0.3, 0.4) is 0 Å². The first kappa shape index (κ1) is 19.5. The molecule has 0 aromatic rings. The maximum absolute atomic E-state index is 13.0. The van der Waals surface area contributed by atoms with Crippen molar-refractivity contribution in [1.82, 2.24) is 10.2 Å². The summed E-state index contributed by atoms with van der Waals surface area (Å²) in [5.74, 6) is -0.307. The number of hydrogen-bond donors (Lipinski definition) is 1. The summed E-state index contributed by atoms with van der Waals surface area (Å²) in [6.07, 6.45) is 4.10. The summed E-state index contributed by atoms with van der Waals surface area (Å²) in [7, 11) is 1.34. The highest BCUT2D eigenvalue weighted by molar-refractivity contribution is 5.90. The van der Waals surface area contributed by atoms with Crippen LogP contribution in [0.4, 0.5) is 4.79 Å². The maximum Gasteiger partial charge on any atom is 0.408 e. The normalized spacial score (nSPS) is 27.2. The number of fused-ring (bicyclic) bond motifs is 1. The van der Waals surface area contributed by atoms with Gasteiger partial charge in [0, 0.05) is 6.04 Å². The second kappa shape index (κ2) is 7.62. The zero-order chi connectivity index (χ0) is 18.8. The van der Waals surface area contributed by atoms with Crippen LogP contribution in [0.25, 0.3) is 0 Å². The zero-order valence-corrected chi connectivity index (χ0v) is 15.8. The smallest absolute Gasteiger partial charge is 0.408 e. The van der Waals surface area contributed by atoms with E-state index >= 15 is 0 Å². The lowest BCUT2D eigenvalue weighted by atomic mass is 9.84. The molecule has 7 heteroatoms. The van der Waals surface area contributed by atoms with Crippen molar-refractivity contribution in [3.8, 4) is 0 Å². The Kier molecular flexibility index (Phi) is 5.95. The molecule has 0 radical (unpaired) electrons. The van der Waals surface area contributed by atoms with E-state index in [1.807, 2.05) is 0 Å². The summed E-state index contributed by atoms with van der Waals surface area (Å²) in [4.78, 5) is 38.8. The second-order valence-electron chi connectivity index (χ2n) is 8.00. The molecule has 1 heterocycles. The summed E-state index contributed by atoms with van der Waals surface area (Å²) in [5.41, 5.74) is -0.635. The number of esters is 1. The summed E-state index contributed by atoms with van der Waals surface area (Å²) in [5, 5.41) is 2.58. The highest BCUT2D eigenvalue weighted by atomic mass is 16.6. The Morgan fingerprint density at radius 1 is 1.16 bits per heavy atom. The summed E-state index contributed by atoms with van der Waals surface area (Å²) in [6.45, 7) is 6.91. The lowest BCUT2D eigenvalue weighted by Gasteiger charge is -2.35. The van der Waals surface area contributed by atoms with Gasteiger partial charge in [0.1, 0.15) is 17.7 Å². The first-order valence-corrected chi connectivity index (χ1v) is 9.03. The van der Waals surface area contributed by atoms with Crippen LogP contribution < -0.4 is 5.32 Å². The van der Waals surface area contributed by atoms with Crippen LogP contribution >= 0.6 is 0 Å². The number of rotatable bonds is 3. The van der Waals surface area contributed by atoms with Crippen molar-refractivity contribution in [1.29, 1.82) is 0 Å². The Hall–Kier alpha value is -1.79. The molecule has 0 bridgehead atoms. The minimum absolute atomic E-state index is 0.0493. The molecule has 7 nitrogen and oxygen atoms in total. The number of nitrogens with zero attached hydrogens (tertiary/aromatic N) is 1. The highest BCUT2D eigenvalue weighted by Crippen LogP contribution is 2.40. The van der Waals surface area contributed by atoms with E-state index in [0.29, 0.717) is 12.3 Å². The number of alkyl carbamates (subject to hydrolysis) is 1. The number of methoxy groups -OCH3 is 1. The number of likely N-dealkylation sites (tertiary alicyclic amines) is 1. The van der Waals surface area contributed by atoms with E-state index in [0.717, 1.165) is 25.7 Å². The van der Waals surface area contributed by atoms with Crippen LogP contribution in [0.1, 0.15) is 59.8 Å². The van der Waals surface area contributed by atoms with Gasteiger partial charge in [0.05, 0.1) is 7.11 Å². The fourth-order valence-corrected chi connectivity index (χ4v) is 3.89. The van der Waals surface area contributed by atoms with Gasteiger partial charge in [-0.15, -0.1) is 0 Å². The van der Waals surface area contributed by atoms with Crippen molar-refractivity contribution in [2.24, 2.45) is 5.92 Å². The molecular weight excluding hydrogens is 324 g/mol. The van der Waals surface area contributed by atoms with E-state index < -0.39 is 23.8 Å². The summed E-state index contributed by atoms with van der Waals surface area (Å²) < 4.78 is 10.1. The minimum Gasteiger partial charge on any atom is -0.467 e. The Balaban J connectivity index is 2.10. The van der Waals surface area contributed by atoms with Gasteiger partial charge < -0.3 is 19.7 Å². The van der Waals surface area contributed by atoms with E-state index in [1.54, 1.807) is 32.6 Å². The maximum atomic E-state index is 13.0. The third-order valence-corrected chi connectivity index (χ3v) is 4.92. The van der Waals surface area contributed by atoms with Crippen LogP contribution in [-0.4, -0.2) is 53.7 Å². The number of hydrogen-bond acceptors (Lipinski definition) is 5. The molecule has 142 valence electrons. The van der Waals surface area contributed by atoms with Crippen molar-refractivity contribution in [3.05, 3.63) is 0 Å². The van der Waals surface area contributed by atoms with Gasteiger partial charge in [0.15, 0.2) is 0 Å². The molecule has 1 aliphatic heterocycles. The summed E-state index contributed by atoms with van der Waals surface area (Å²) in [6, 6.07) is -1.27. The van der Waals surface area contributed by atoms with E-state index in [9.17, 15) is 14.4 Å². The van der Waals surface area contributed by atoms with Gasteiger partial charge >= 0.3 is 12.1 Å². The molecule has 0 spiro atoms. The second-order valence-corrected chi connectivity index (χ2v) is 8.00. The molecule has 2 rings (SSSR count). The lowest BCUT2D eigenvalue weighted by molar-refractivity contribution is -0.153. The van der Waals surface area contributed by atoms with Crippen LogP contribution in [0.2, 0.25) is 0 Å². The van der Waals surface area contributed by atoms with Gasteiger partial charge in [-0.05, 0) is 52.9 Å². The molecular formula is C18H30N2O5.